The Balaban J connectivity index is 1.18. The number of rotatable bonds is 6. The van der Waals surface area contributed by atoms with Crippen molar-refractivity contribution in [3.8, 4) is 5.69 Å². The first kappa shape index (κ1) is 21.0. The molecule has 0 bridgehead atoms. The number of benzene rings is 3. The van der Waals surface area contributed by atoms with Gasteiger partial charge in [-0.25, -0.2) is 9.78 Å². The highest BCUT2D eigenvalue weighted by Crippen LogP contribution is 2.19. The van der Waals surface area contributed by atoms with E-state index in [1.807, 2.05) is 41.0 Å². The lowest BCUT2D eigenvalue weighted by molar-refractivity contribution is 0.102. The number of carbonyl (C=O) groups is 2. The molecule has 2 heterocycles. The van der Waals surface area contributed by atoms with E-state index in [0.29, 0.717) is 29.2 Å². The first-order valence-corrected chi connectivity index (χ1v) is 10.7. The zero-order valence-corrected chi connectivity index (χ0v) is 18.1. The Morgan fingerprint density at radius 2 is 1.56 bits per heavy atom. The van der Waals surface area contributed by atoms with E-state index in [1.165, 1.54) is 0 Å². The average molecular weight is 451 g/mol. The molecule has 0 aliphatic rings. The topological polar surface area (TPSA) is 101 Å². The molecule has 0 fully saturated rings. The molecule has 5 aromatic rings. The Hall–Kier alpha value is -4.85. The molecule has 0 saturated carbocycles. The number of carbonyl (C=O) groups excluding carboxylic acids is 2. The molecule has 34 heavy (non-hydrogen) atoms. The highest BCUT2D eigenvalue weighted by Gasteiger charge is 2.09. The van der Waals surface area contributed by atoms with Crippen LogP contribution in [0.1, 0.15) is 16.1 Å². The summed E-state index contributed by atoms with van der Waals surface area (Å²) in [5.74, 6) is 0.443. The van der Waals surface area contributed by atoms with Crippen molar-refractivity contribution in [2.45, 2.75) is 6.54 Å². The normalized spacial score (nSPS) is 10.7. The van der Waals surface area contributed by atoms with Gasteiger partial charge in [0.25, 0.3) is 5.91 Å². The van der Waals surface area contributed by atoms with Gasteiger partial charge in [0.05, 0.1) is 23.8 Å². The zero-order valence-electron chi connectivity index (χ0n) is 18.1. The van der Waals surface area contributed by atoms with E-state index < -0.39 is 0 Å². The van der Waals surface area contributed by atoms with Crippen molar-refractivity contribution in [3.63, 3.8) is 0 Å². The minimum Gasteiger partial charge on any atom is -0.467 e. The molecule has 8 heteroatoms. The molecule has 2 aromatic heterocycles. The average Bonchev–Trinajstić information content (AvgIpc) is 3.54. The summed E-state index contributed by atoms with van der Waals surface area (Å²) in [5.41, 5.74) is 4.60. The van der Waals surface area contributed by atoms with E-state index >= 15 is 0 Å². The number of nitrogens with zero attached hydrogens (tertiary/aromatic N) is 2. The van der Waals surface area contributed by atoms with Crippen LogP contribution in [0.25, 0.3) is 16.7 Å². The Morgan fingerprint density at radius 1 is 0.824 bits per heavy atom. The standard InChI is InChI=1S/C26H21N5O3/c32-25(18-7-13-21(14-8-18)31-17-28-23-5-1-2-6-24(23)31)29-19-9-11-20(12-10-19)30-26(33)27-16-22-4-3-15-34-22/h1-15,17H,16H2,(H,29,32)(H2,27,30,33). The third-order valence-electron chi connectivity index (χ3n) is 5.27. The molecule has 0 aliphatic carbocycles. The third-order valence-corrected chi connectivity index (χ3v) is 5.27. The number of anilines is 2. The van der Waals surface area contributed by atoms with Gasteiger partial charge in [0.1, 0.15) is 12.1 Å². The van der Waals surface area contributed by atoms with Crippen molar-refractivity contribution in [2.75, 3.05) is 10.6 Å². The number of para-hydroxylation sites is 2. The van der Waals surface area contributed by atoms with Crippen LogP contribution in [0.2, 0.25) is 0 Å². The number of urea groups is 1. The van der Waals surface area contributed by atoms with E-state index in [1.54, 1.807) is 61.1 Å². The van der Waals surface area contributed by atoms with Crippen LogP contribution in [0, 0.1) is 0 Å². The molecular formula is C26H21N5O3. The van der Waals surface area contributed by atoms with Crippen molar-refractivity contribution in [2.24, 2.45) is 0 Å². The lowest BCUT2D eigenvalue weighted by Crippen LogP contribution is -2.27. The molecular weight excluding hydrogens is 430 g/mol. The predicted octanol–water partition coefficient (Wildman–Crippen LogP) is 5.19. The van der Waals surface area contributed by atoms with Crippen LogP contribution in [-0.2, 0) is 6.54 Å². The van der Waals surface area contributed by atoms with Gasteiger partial charge in [-0.05, 0) is 72.8 Å². The molecule has 0 unspecified atom stereocenters. The lowest BCUT2D eigenvalue weighted by atomic mass is 10.2. The van der Waals surface area contributed by atoms with Crippen LogP contribution >= 0.6 is 0 Å². The van der Waals surface area contributed by atoms with E-state index in [-0.39, 0.29) is 11.9 Å². The fourth-order valence-corrected chi connectivity index (χ4v) is 3.53. The Labute approximate surface area is 195 Å². The smallest absolute Gasteiger partial charge is 0.319 e. The lowest BCUT2D eigenvalue weighted by Gasteiger charge is -2.09. The van der Waals surface area contributed by atoms with Gasteiger partial charge in [0, 0.05) is 22.6 Å². The number of hydrogen-bond donors (Lipinski definition) is 3. The molecule has 3 N–H and O–H groups in total. The number of furan rings is 1. The monoisotopic (exact) mass is 451 g/mol. The summed E-state index contributed by atoms with van der Waals surface area (Å²) in [7, 11) is 0. The Bertz CT molecular complexity index is 1420. The molecule has 3 aromatic carbocycles. The largest absolute Gasteiger partial charge is 0.467 e. The second-order valence-corrected chi connectivity index (χ2v) is 7.57. The van der Waals surface area contributed by atoms with Crippen molar-refractivity contribution < 1.29 is 14.0 Å². The van der Waals surface area contributed by atoms with Gasteiger partial charge in [-0.3, -0.25) is 9.36 Å². The van der Waals surface area contributed by atoms with Gasteiger partial charge in [0.15, 0.2) is 0 Å². The highest BCUT2D eigenvalue weighted by molar-refractivity contribution is 6.04. The second kappa shape index (κ2) is 9.33. The first-order valence-electron chi connectivity index (χ1n) is 10.7. The number of amides is 3. The van der Waals surface area contributed by atoms with Crippen LogP contribution in [0.3, 0.4) is 0 Å². The molecule has 168 valence electrons. The van der Waals surface area contributed by atoms with Gasteiger partial charge in [0.2, 0.25) is 0 Å². The summed E-state index contributed by atoms with van der Waals surface area (Å²) in [5, 5.41) is 8.31. The van der Waals surface area contributed by atoms with Crippen molar-refractivity contribution in [1.29, 1.82) is 0 Å². The quantitative estimate of drug-likeness (QED) is 0.331. The van der Waals surface area contributed by atoms with Gasteiger partial charge in [-0.2, -0.15) is 0 Å². The molecule has 0 radical (unpaired) electrons. The van der Waals surface area contributed by atoms with Crippen LogP contribution < -0.4 is 16.0 Å². The summed E-state index contributed by atoms with van der Waals surface area (Å²) >= 11 is 0. The predicted molar refractivity (Wildman–Crippen MR) is 130 cm³/mol. The summed E-state index contributed by atoms with van der Waals surface area (Å²) in [4.78, 5) is 29.1. The van der Waals surface area contributed by atoms with Crippen LogP contribution in [-0.4, -0.2) is 21.5 Å². The van der Waals surface area contributed by atoms with Gasteiger partial charge in [-0.15, -0.1) is 0 Å². The van der Waals surface area contributed by atoms with Crippen LogP contribution in [0.5, 0.6) is 0 Å². The Morgan fingerprint density at radius 3 is 2.29 bits per heavy atom. The number of imidazole rings is 1. The van der Waals surface area contributed by atoms with Gasteiger partial charge < -0.3 is 20.4 Å². The van der Waals surface area contributed by atoms with Crippen LogP contribution in [0.4, 0.5) is 16.2 Å². The minimum absolute atomic E-state index is 0.223. The number of aromatic nitrogens is 2. The fourth-order valence-electron chi connectivity index (χ4n) is 3.53. The first-order chi connectivity index (χ1) is 16.7. The number of hydrogen-bond acceptors (Lipinski definition) is 4. The van der Waals surface area contributed by atoms with Crippen molar-refractivity contribution in [3.05, 3.63) is 109 Å². The molecule has 3 amide bonds. The summed E-state index contributed by atoms with van der Waals surface area (Å²) < 4.78 is 7.16. The SMILES string of the molecule is O=C(NCc1ccco1)Nc1ccc(NC(=O)c2ccc(-n3cnc4ccccc43)cc2)cc1. The van der Waals surface area contributed by atoms with E-state index in [2.05, 4.69) is 20.9 Å². The molecule has 5 rings (SSSR count). The highest BCUT2D eigenvalue weighted by atomic mass is 16.3. The molecule has 0 aliphatic heterocycles. The molecule has 0 saturated heterocycles. The number of nitrogens with one attached hydrogen (secondary N) is 3. The molecule has 0 atom stereocenters. The minimum atomic E-state index is -0.348. The maximum atomic E-state index is 12.7. The number of fused-ring (bicyclic) bond motifs is 1. The third kappa shape index (κ3) is 4.66. The maximum Gasteiger partial charge on any atom is 0.319 e. The Kier molecular flexibility index (Phi) is 5.77. The van der Waals surface area contributed by atoms with Crippen molar-refractivity contribution in [1.82, 2.24) is 14.9 Å². The van der Waals surface area contributed by atoms with Crippen molar-refractivity contribution >= 4 is 34.3 Å². The summed E-state index contributed by atoms with van der Waals surface area (Å²) in [6.45, 7) is 0.294. The molecule has 8 nitrogen and oxygen atoms in total. The maximum absolute atomic E-state index is 12.7. The van der Waals surface area contributed by atoms with Crippen LogP contribution in [0.15, 0.2) is 102 Å². The van der Waals surface area contributed by atoms with E-state index in [4.69, 9.17) is 4.42 Å². The van der Waals surface area contributed by atoms with E-state index in [0.717, 1.165) is 16.7 Å². The van der Waals surface area contributed by atoms with Gasteiger partial charge >= 0.3 is 6.03 Å². The zero-order chi connectivity index (χ0) is 23.3. The van der Waals surface area contributed by atoms with Gasteiger partial charge in [-0.1, -0.05) is 12.1 Å². The second-order valence-electron chi connectivity index (χ2n) is 7.57. The van der Waals surface area contributed by atoms with E-state index in [9.17, 15) is 9.59 Å². The fraction of sp³-hybridized carbons (Fsp3) is 0.0385. The molecule has 0 spiro atoms. The summed E-state index contributed by atoms with van der Waals surface area (Å²) in [6.07, 6.45) is 3.32. The summed E-state index contributed by atoms with van der Waals surface area (Å²) in [6, 6.07) is 25.3.